The average Bonchev–Trinajstić information content (AvgIpc) is 3.27. The number of nitrogens with zero attached hydrogens (tertiary/aromatic N) is 6. The molecule has 0 spiro atoms. The minimum Gasteiger partial charge on any atom is -0.333 e. The van der Waals surface area contributed by atoms with Crippen molar-refractivity contribution in [3.63, 3.8) is 0 Å². The molecule has 7 nitrogen and oxygen atoms in total. The van der Waals surface area contributed by atoms with E-state index in [1.165, 1.54) is 6.33 Å². The van der Waals surface area contributed by atoms with Gasteiger partial charge < -0.3 is 9.47 Å². The van der Waals surface area contributed by atoms with E-state index in [-0.39, 0.29) is 11.8 Å². The molecule has 0 bridgehead atoms. The topological polar surface area (TPSA) is 68.8 Å². The molecule has 1 amide bonds. The number of allylic oxidation sites excluding steroid dienone is 2. The first-order valence-electron chi connectivity index (χ1n) is 7.61. The third-order valence-corrected chi connectivity index (χ3v) is 4.31. The molecule has 4 rings (SSSR count). The maximum atomic E-state index is 12.5. The van der Waals surface area contributed by atoms with Gasteiger partial charge in [0.1, 0.15) is 18.5 Å². The van der Waals surface area contributed by atoms with E-state index in [0.29, 0.717) is 13.1 Å². The summed E-state index contributed by atoms with van der Waals surface area (Å²) in [6, 6.07) is 0. The molecule has 0 saturated carbocycles. The molecule has 0 aromatic carbocycles. The fraction of sp³-hybridized carbons (Fsp3) is 0.467. The first-order valence-corrected chi connectivity index (χ1v) is 7.61. The van der Waals surface area contributed by atoms with Gasteiger partial charge in [-0.25, -0.2) is 14.6 Å². The van der Waals surface area contributed by atoms with E-state index >= 15 is 0 Å². The highest BCUT2D eigenvalue weighted by Gasteiger charge is 2.28. The molecule has 0 saturated heterocycles. The summed E-state index contributed by atoms with van der Waals surface area (Å²) >= 11 is 0. The summed E-state index contributed by atoms with van der Waals surface area (Å²) in [6.45, 7) is 2.79. The van der Waals surface area contributed by atoms with Crippen LogP contribution in [-0.2, 0) is 24.4 Å². The lowest BCUT2D eigenvalue weighted by molar-refractivity contribution is -0.136. The van der Waals surface area contributed by atoms with Crippen LogP contribution in [0.5, 0.6) is 0 Å². The molecule has 0 unspecified atom stereocenters. The Bertz CT molecular complexity index is 694. The van der Waals surface area contributed by atoms with Crippen LogP contribution in [0.3, 0.4) is 0 Å². The summed E-state index contributed by atoms with van der Waals surface area (Å²) in [5.41, 5.74) is 0.956. The van der Waals surface area contributed by atoms with Crippen LogP contribution in [-0.4, -0.2) is 41.7 Å². The summed E-state index contributed by atoms with van der Waals surface area (Å²) in [7, 11) is 0. The van der Waals surface area contributed by atoms with Crippen LogP contribution in [0.2, 0.25) is 0 Å². The van der Waals surface area contributed by atoms with Crippen molar-refractivity contribution in [1.29, 1.82) is 0 Å². The minimum absolute atomic E-state index is 0.135. The van der Waals surface area contributed by atoms with Crippen molar-refractivity contribution in [3.8, 4) is 0 Å². The molecular weight excluding hydrogens is 280 g/mol. The molecule has 2 aromatic rings. The molecule has 3 heterocycles. The van der Waals surface area contributed by atoms with Crippen LogP contribution in [0.1, 0.15) is 24.4 Å². The zero-order chi connectivity index (χ0) is 14.9. The van der Waals surface area contributed by atoms with Gasteiger partial charge in [0.05, 0.1) is 18.8 Å². The van der Waals surface area contributed by atoms with Gasteiger partial charge in [0.15, 0.2) is 0 Å². The fourth-order valence-electron chi connectivity index (χ4n) is 3.13. The number of amides is 1. The van der Waals surface area contributed by atoms with E-state index < -0.39 is 0 Å². The molecule has 22 heavy (non-hydrogen) atoms. The largest absolute Gasteiger partial charge is 0.333 e. The van der Waals surface area contributed by atoms with Crippen LogP contribution >= 0.6 is 0 Å². The Morgan fingerprint density at radius 3 is 2.91 bits per heavy atom. The van der Waals surface area contributed by atoms with E-state index in [9.17, 15) is 4.79 Å². The third kappa shape index (κ3) is 2.43. The Morgan fingerprint density at radius 2 is 2.14 bits per heavy atom. The van der Waals surface area contributed by atoms with Crippen molar-refractivity contribution in [2.45, 2.75) is 32.5 Å². The number of hydrogen-bond donors (Lipinski definition) is 0. The van der Waals surface area contributed by atoms with Gasteiger partial charge in [-0.15, -0.1) is 0 Å². The van der Waals surface area contributed by atoms with Gasteiger partial charge in [-0.2, -0.15) is 5.10 Å². The molecule has 114 valence electrons. The number of fused-ring (bicyclic) bond motifs is 1. The van der Waals surface area contributed by atoms with E-state index in [2.05, 4.69) is 38.0 Å². The van der Waals surface area contributed by atoms with Crippen LogP contribution in [0.15, 0.2) is 31.0 Å². The van der Waals surface area contributed by atoms with Crippen molar-refractivity contribution < 1.29 is 4.79 Å². The second kappa shape index (κ2) is 5.40. The van der Waals surface area contributed by atoms with Gasteiger partial charge in [0.25, 0.3) is 0 Å². The zero-order valence-electron chi connectivity index (χ0n) is 12.3. The highest BCUT2D eigenvalue weighted by Crippen LogP contribution is 2.23. The molecular formula is C15H18N6O. The van der Waals surface area contributed by atoms with Gasteiger partial charge in [-0.05, 0) is 12.8 Å². The molecule has 2 aliphatic rings. The van der Waals surface area contributed by atoms with Crippen LogP contribution in [0.4, 0.5) is 0 Å². The Labute approximate surface area is 128 Å². The van der Waals surface area contributed by atoms with Crippen LogP contribution in [0.25, 0.3) is 0 Å². The van der Waals surface area contributed by atoms with Crippen molar-refractivity contribution >= 4 is 5.91 Å². The normalized spacial score (nSPS) is 17.9. The standard InChI is InChI=1S/C15H18N6O/c22-15(12-3-1-2-4-12)20-6-5-19-7-13(18-14(19)9-20)8-21-11-16-10-17-21/h1-2,7,10-12H,3-6,8-9H2. The molecule has 1 aliphatic carbocycles. The van der Waals surface area contributed by atoms with E-state index in [4.69, 9.17) is 0 Å². The quantitative estimate of drug-likeness (QED) is 0.787. The van der Waals surface area contributed by atoms with Crippen molar-refractivity contribution in [1.82, 2.24) is 29.2 Å². The molecule has 7 heteroatoms. The van der Waals surface area contributed by atoms with Gasteiger partial charge in [0.2, 0.25) is 5.91 Å². The zero-order valence-corrected chi connectivity index (χ0v) is 12.3. The molecule has 1 aliphatic heterocycles. The minimum atomic E-state index is 0.135. The molecule has 0 fully saturated rings. The monoisotopic (exact) mass is 298 g/mol. The maximum Gasteiger partial charge on any atom is 0.226 e. The van der Waals surface area contributed by atoms with E-state index in [0.717, 1.165) is 37.4 Å². The Morgan fingerprint density at radius 1 is 1.27 bits per heavy atom. The number of hydrogen-bond acceptors (Lipinski definition) is 4. The Balaban J connectivity index is 1.46. The number of aromatic nitrogens is 5. The SMILES string of the molecule is O=C(C1CC=CC1)N1CCn2cc(Cn3cncn3)nc2C1. The molecule has 2 aromatic heterocycles. The second-order valence-corrected chi connectivity index (χ2v) is 5.83. The smallest absolute Gasteiger partial charge is 0.226 e. The third-order valence-electron chi connectivity index (χ3n) is 4.31. The van der Waals surface area contributed by atoms with Gasteiger partial charge in [-0.1, -0.05) is 12.2 Å². The maximum absolute atomic E-state index is 12.5. The lowest BCUT2D eigenvalue weighted by atomic mass is 10.1. The summed E-state index contributed by atoms with van der Waals surface area (Å²) < 4.78 is 3.89. The Kier molecular flexibility index (Phi) is 3.25. The average molecular weight is 298 g/mol. The predicted octanol–water partition coefficient (Wildman–Crippen LogP) is 0.831. The summed E-state index contributed by atoms with van der Waals surface area (Å²) in [5.74, 6) is 1.36. The van der Waals surface area contributed by atoms with Crippen LogP contribution < -0.4 is 0 Å². The highest BCUT2D eigenvalue weighted by atomic mass is 16.2. The van der Waals surface area contributed by atoms with Gasteiger partial charge in [0, 0.05) is 25.2 Å². The number of imidazole rings is 1. The first kappa shape index (κ1) is 13.2. The van der Waals surface area contributed by atoms with Gasteiger partial charge >= 0.3 is 0 Å². The van der Waals surface area contributed by atoms with Crippen molar-refractivity contribution in [2.75, 3.05) is 6.54 Å². The summed E-state index contributed by atoms with van der Waals surface area (Å²) in [5, 5.41) is 4.10. The summed E-state index contributed by atoms with van der Waals surface area (Å²) in [6.07, 6.45) is 11.2. The van der Waals surface area contributed by atoms with Crippen molar-refractivity contribution in [2.24, 2.45) is 5.92 Å². The lowest BCUT2D eigenvalue weighted by Gasteiger charge is -2.29. The van der Waals surface area contributed by atoms with Crippen molar-refractivity contribution in [3.05, 3.63) is 42.5 Å². The highest BCUT2D eigenvalue weighted by molar-refractivity contribution is 5.79. The number of carbonyl (C=O) groups is 1. The molecule has 0 N–H and O–H groups in total. The Hall–Kier alpha value is -2.44. The second-order valence-electron chi connectivity index (χ2n) is 5.83. The van der Waals surface area contributed by atoms with Crippen LogP contribution in [0, 0.1) is 5.92 Å². The lowest BCUT2D eigenvalue weighted by Crippen LogP contribution is -2.41. The van der Waals surface area contributed by atoms with E-state index in [1.54, 1.807) is 11.0 Å². The first-order chi connectivity index (χ1) is 10.8. The molecule has 0 atom stereocenters. The number of carbonyl (C=O) groups excluding carboxylic acids is 1. The molecule has 0 radical (unpaired) electrons. The van der Waals surface area contributed by atoms with E-state index in [1.807, 2.05) is 4.90 Å². The predicted molar refractivity (Wildman–Crippen MR) is 78.6 cm³/mol. The summed E-state index contributed by atoms with van der Waals surface area (Å²) in [4.78, 5) is 23.0. The van der Waals surface area contributed by atoms with Gasteiger partial charge in [-0.3, -0.25) is 4.79 Å². The fourth-order valence-corrected chi connectivity index (χ4v) is 3.13. The number of rotatable bonds is 3.